The second kappa shape index (κ2) is 30.4. The lowest BCUT2D eigenvalue weighted by atomic mass is 9.77. The van der Waals surface area contributed by atoms with E-state index in [0.29, 0.717) is 42.1 Å². The van der Waals surface area contributed by atoms with Crippen LogP contribution in [0.15, 0.2) is 326 Å². The van der Waals surface area contributed by atoms with E-state index in [2.05, 4.69) is 225 Å². The van der Waals surface area contributed by atoms with Gasteiger partial charge in [-0.3, -0.25) is 19.6 Å². The Labute approximate surface area is 599 Å². The molecule has 2 amide bonds. The van der Waals surface area contributed by atoms with Gasteiger partial charge in [0.05, 0.1) is 28.5 Å². The van der Waals surface area contributed by atoms with Gasteiger partial charge in [-0.15, -0.1) is 0 Å². The topological polar surface area (TPSA) is 165 Å². The highest BCUT2D eigenvalue weighted by Crippen LogP contribution is 2.48. The summed E-state index contributed by atoms with van der Waals surface area (Å²) in [7, 11) is 4.03. The lowest BCUT2D eigenvalue weighted by molar-refractivity contribution is -0.119. The molecule has 4 aromatic heterocycles. The van der Waals surface area contributed by atoms with Gasteiger partial charge in [-0.2, -0.15) is 10.2 Å². The number of nitrogens with one attached hydrogen (secondary N) is 2. The second-order valence-electron chi connectivity index (χ2n) is 26.0. The first-order valence-electron chi connectivity index (χ1n) is 34.8. The summed E-state index contributed by atoms with van der Waals surface area (Å²) >= 11 is 0. The molecule has 2 aliphatic rings. The number of rotatable bonds is 19. The minimum atomic E-state index is -0.853. The van der Waals surface area contributed by atoms with E-state index in [1.807, 2.05) is 129 Å². The number of carbonyl (C=O) groups is 3. The predicted octanol–water partition coefficient (Wildman–Crippen LogP) is 17.0. The summed E-state index contributed by atoms with van der Waals surface area (Å²) in [5.41, 5.74) is 16.1. The Morgan fingerprint density at radius 1 is 0.437 bits per heavy atom. The van der Waals surface area contributed by atoms with E-state index in [0.717, 1.165) is 106 Å². The van der Waals surface area contributed by atoms with E-state index in [1.165, 1.54) is 6.42 Å². The molecular weight excluding hydrogens is 1270 g/mol. The van der Waals surface area contributed by atoms with Crippen molar-refractivity contribution in [3.05, 3.63) is 372 Å². The maximum absolute atomic E-state index is 13.9. The Morgan fingerprint density at radius 3 is 1.07 bits per heavy atom. The molecule has 0 bridgehead atoms. The highest BCUT2D eigenvalue weighted by Gasteiger charge is 2.44. The number of carbonyl (C=O) groups excluding carboxylic acids is 3. The van der Waals surface area contributed by atoms with Crippen molar-refractivity contribution in [3.8, 4) is 22.5 Å². The first-order valence-corrected chi connectivity index (χ1v) is 34.8. The van der Waals surface area contributed by atoms with Crippen molar-refractivity contribution in [3.63, 3.8) is 0 Å². The Balaban J connectivity index is 0.000000168. The first-order chi connectivity index (χ1) is 50.6. The zero-order valence-corrected chi connectivity index (χ0v) is 57.8. The molecule has 0 aliphatic carbocycles. The SMILES string of the molecule is CCC.CN(C)C[C@@H](NC(=O)C1=Nc2cc3c(-c4ccncc4)nn(C(c4ccccc4)(c4ccccc4)c4ccccc4)c3cc2C1)c1ccccc1.O=C[C@@H](NC(=O)C1=Nc2cc3c(-c4ccncc4)nn(C(c4ccccc4)(c4ccccc4)c4ccccc4)c3cc2C1)c1ccccc1. The van der Waals surface area contributed by atoms with Crippen LogP contribution in [0.2, 0.25) is 0 Å². The van der Waals surface area contributed by atoms with Gasteiger partial charge in [0.15, 0.2) is 0 Å². The number of pyridine rings is 2. The van der Waals surface area contributed by atoms with Crippen LogP contribution in [0.25, 0.3) is 44.3 Å². The van der Waals surface area contributed by atoms with Crippen LogP contribution in [0.5, 0.6) is 0 Å². The van der Waals surface area contributed by atoms with Crippen molar-refractivity contribution in [1.29, 1.82) is 0 Å². The molecule has 16 rings (SSSR count). The van der Waals surface area contributed by atoms with Crippen molar-refractivity contribution in [2.24, 2.45) is 9.98 Å². The monoisotopic (exact) mass is 1350 g/mol. The minimum absolute atomic E-state index is 0.158. The number of aliphatic imine (C=N–C) groups is 2. The van der Waals surface area contributed by atoms with Gasteiger partial charge in [0.2, 0.25) is 0 Å². The summed E-state index contributed by atoms with van der Waals surface area (Å²) in [5.74, 6) is -0.529. The molecular formula is C89H77N11O3. The van der Waals surface area contributed by atoms with E-state index in [9.17, 15) is 14.4 Å². The lowest BCUT2D eigenvalue weighted by Crippen LogP contribution is -2.39. The maximum Gasteiger partial charge on any atom is 0.266 e. The van der Waals surface area contributed by atoms with Crippen molar-refractivity contribution in [2.45, 2.75) is 56.3 Å². The number of hydrogen-bond donors (Lipinski definition) is 2. The molecule has 2 N–H and O–H groups in total. The van der Waals surface area contributed by atoms with Crippen LogP contribution in [0, 0.1) is 0 Å². The number of fused-ring (bicyclic) bond motifs is 4. The fourth-order valence-corrected chi connectivity index (χ4v) is 14.2. The molecule has 14 aromatic rings. The fourth-order valence-electron chi connectivity index (χ4n) is 14.2. The molecule has 14 heteroatoms. The van der Waals surface area contributed by atoms with Crippen LogP contribution in [-0.2, 0) is 38.3 Å². The quantitative estimate of drug-likeness (QED) is 0.0597. The molecule has 0 unspecified atom stereocenters. The largest absolute Gasteiger partial charge is 0.343 e. The third-order valence-electron chi connectivity index (χ3n) is 18.8. The van der Waals surface area contributed by atoms with Gasteiger partial charge in [-0.05, 0) is 118 Å². The smallest absolute Gasteiger partial charge is 0.266 e. The summed E-state index contributed by atoms with van der Waals surface area (Å²) in [6.07, 6.45) is 9.86. The van der Waals surface area contributed by atoms with Gasteiger partial charge in [0.25, 0.3) is 11.8 Å². The molecule has 0 radical (unpaired) electrons. The molecule has 6 heterocycles. The highest BCUT2D eigenvalue weighted by atomic mass is 16.2. The Kier molecular flexibility index (Phi) is 20.0. The van der Waals surface area contributed by atoms with Gasteiger partial charge in [0.1, 0.15) is 46.2 Å². The number of hydrogen-bond acceptors (Lipinski definition) is 10. The van der Waals surface area contributed by atoms with E-state index >= 15 is 0 Å². The van der Waals surface area contributed by atoms with Gasteiger partial charge >= 0.3 is 0 Å². The zero-order valence-electron chi connectivity index (χ0n) is 57.8. The molecule has 0 fully saturated rings. The summed E-state index contributed by atoms with van der Waals surface area (Å²) in [6.45, 7) is 4.92. The van der Waals surface area contributed by atoms with Crippen molar-refractivity contribution in [1.82, 2.24) is 45.1 Å². The minimum Gasteiger partial charge on any atom is -0.343 e. The van der Waals surface area contributed by atoms with Crippen LogP contribution < -0.4 is 10.6 Å². The van der Waals surface area contributed by atoms with Gasteiger partial charge < -0.3 is 20.3 Å². The summed E-state index contributed by atoms with van der Waals surface area (Å²) in [4.78, 5) is 59.8. The molecule has 0 saturated heterocycles. The normalized spacial score (nSPS) is 12.9. The van der Waals surface area contributed by atoms with E-state index in [4.69, 9.17) is 20.2 Å². The molecule has 0 saturated carbocycles. The maximum atomic E-state index is 13.9. The number of likely N-dealkylation sites (N-methyl/N-ethyl adjacent to an activating group) is 1. The van der Waals surface area contributed by atoms with Gasteiger partial charge in [0, 0.05) is 66.1 Å². The van der Waals surface area contributed by atoms with Gasteiger partial charge in [-0.1, -0.05) is 263 Å². The Morgan fingerprint density at radius 2 is 0.748 bits per heavy atom. The zero-order chi connectivity index (χ0) is 70.7. The van der Waals surface area contributed by atoms with Crippen molar-refractivity contribution in [2.75, 3.05) is 20.6 Å². The van der Waals surface area contributed by atoms with Crippen LogP contribution in [0.3, 0.4) is 0 Å². The summed E-state index contributed by atoms with van der Waals surface area (Å²) in [6, 6.07) is 97.7. The number of benzene rings is 10. The van der Waals surface area contributed by atoms with Crippen LogP contribution in [0.1, 0.15) is 88.0 Å². The Hall–Kier alpha value is -12.7. The standard InChI is InChI=1S/C44H38N6O.C42H31N5O2.C3H8/c1-49(2)30-40(31-15-7-3-8-16-31)47-43(51)39-27-33-28-41-37(29-38(33)46-39)42(32-23-25-45-26-24-32)48-50(41)44(34-17-9-4-10-18-34,35-19-11-5-12-20-35)36-21-13-6-14-22-36;48-28-38(29-13-5-1-6-14-29)45-41(49)37-25-31-26-39-35(27-36(31)44-37)40(30-21-23-43-24-22-30)46-47(39)42(32-15-7-2-8-16-32,33-17-9-3-10-18-33)34-19-11-4-12-20-34;1-3-2/h3-26,28-29,40H,27,30H2,1-2H3,(H,47,51);1-24,26-28,38H,25H2,(H,45,49);3H2,1-2H3/t40-;38-;/m11./s1. The Bertz CT molecular complexity index is 5120. The second-order valence-corrected chi connectivity index (χ2v) is 26.0. The molecule has 506 valence electrons. The fraction of sp³-hybridized carbons (Fsp3) is 0.135. The van der Waals surface area contributed by atoms with E-state index in [-0.39, 0.29) is 17.9 Å². The van der Waals surface area contributed by atoms with E-state index in [1.54, 1.807) is 24.8 Å². The molecule has 14 nitrogen and oxygen atoms in total. The third kappa shape index (κ3) is 13.4. The van der Waals surface area contributed by atoms with Crippen LogP contribution >= 0.6 is 0 Å². The van der Waals surface area contributed by atoms with Crippen molar-refractivity contribution >= 4 is 62.7 Å². The summed E-state index contributed by atoms with van der Waals surface area (Å²) in [5, 5.41) is 19.0. The van der Waals surface area contributed by atoms with Crippen molar-refractivity contribution < 1.29 is 14.4 Å². The third-order valence-corrected chi connectivity index (χ3v) is 18.8. The molecule has 103 heavy (non-hydrogen) atoms. The molecule has 2 aliphatic heterocycles. The highest BCUT2D eigenvalue weighted by molar-refractivity contribution is 6.42. The average molecular weight is 1350 g/mol. The van der Waals surface area contributed by atoms with Crippen LogP contribution in [-0.4, -0.2) is 84.6 Å². The number of aldehydes is 1. The predicted molar refractivity (Wildman–Crippen MR) is 412 cm³/mol. The molecule has 10 aromatic carbocycles. The average Bonchev–Trinajstić information content (AvgIpc) is 1.63. The van der Waals surface area contributed by atoms with Gasteiger partial charge in [-0.25, -0.2) is 19.3 Å². The van der Waals surface area contributed by atoms with Crippen LogP contribution in [0.4, 0.5) is 11.4 Å². The van der Waals surface area contributed by atoms with E-state index < -0.39 is 17.1 Å². The molecule has 2 atom stereocenters. The first kappa shape index (κ1) is 67.5. The number of amides is 2. The molecule has 0 spiro atoms. The lowest BCUT2D eigenvalue weighted by Gasteiger charge is -2.37. The number of nitrogens with zero attached hydrogens (tertiary/aromatic N) is 9. The number of aromatic nitrogens is 6. The summed E-state index contributed by atoms with van der Waals surface area (Å²) < 4.78 is 4.31.